The average Bonchev–Trinajstić information content (AvgIpc) is 3.15. The van der Waals surface area contributed by atoms with E-state index in [-0.39, 0.29) is 17.3 Å². The predicted octanol–water partition coefficient (Wildman–Crippen LogP) is -0.329. The number of benzene rings is 1. The number of carbonyl (C=O) groups is 2. The summed E-state index contributed by atoms with van der Waals surface area (Å²) in [6.45, 7) is 0.215. The molecule has 0 aliphatic heterocycles. The zero-order chi connectivity index (χ0) is 14.9. The van der Waals surface area contributed by atoms with E-state index in [2.05, 4.69) is 5.32 Å². The van der Waals surface area contributed by atoms with E-state index in [1.807, 2.05) is 0 Å². The Labute approximate surface area is 115 Å². The second-order valence-corrected chi connectivity index (χ2v) is 6.26. The van der Waals surface area contributed by atoms with Crippen molar-refractivity contribution in [3.63, 3.8) is 0 Å². The molecule has 0 unspecified atom stereocenters. The van der Waals surface area contributed by atoms with Crippen molar-refractivity contribution in [1.82, 2.24) is 5.32 Å². The van der Waals surface area contributed by atoms with Crippen LogP contribution in [0.4, 0.5) is 0 Å². The van der Waals surface area contributed by atoms with Gasteiger partial charge in [0.05, 0.1) is 16.7 Å². The summed E-state index contributed by atoms with van der Waals surface area (Å²) in [5, 5.41) is 16.3. The van der Waals surface area contributed by atoms with Gasteiger partial charge in [-0.2, -0.15) is 0 Å². The maximum absolute atomic E-state index is 11.6. The maximum atomic E-state index is 11.6. The fourth-order valence-corrected chi connectivity index (χ4v) is 2.39. The number of carbonyl (C=O) groups excluding carboxylic acids is 1. The molecule has 1 aliphatic carbocycles. The summed E-state index contributed by atoms with van der Waals surface area (Å²) in [6, 6.07) is 5.80. The lowest BCUT2D eigenvalue weighted by molar-refractivity contribution is -0.140. The van der Waals surface area contributed by atoms with Gasteiger partial charge in [-0.3, -0.25) is 9.59 Å². The van der Waals surface area contributed by atoms with Gasteiger partial charge in [0, 0.05) is 6.54 Å². The molecule has 1 fully saturated rings. The number of hydrogen-bond acceptors (Lipinski definition) is 4. The minimum absolute atomic E-state index is 0.000658. The van der Waals surface area contributed by atoms with E-state index in [1.54, 1.807) is 12.1 Å². The number of primary sulfonamides is 1. The molecule has 20 heavy (non-hydrogen) atoms. The highest BCUT2D eigenvalue weighted by Crippen LogP contribution is 2.38. The zero-order valence-electron chi connectivity index (χ0n) is 10.4. The minimum atomic E-state index is -3.72. The predicted molar refractivity (Wildman–Crippen MR) is 68.9 cm³/mol. The SMILES string of the molecule is NS(=O)(=O)c1ccc(CNC(=O)[C@@H]2C[C@@H]2C(=O)O)cc1. The summed E-state index contributed by atoms with van der Waals surface area (Å²) in [5.41, 5.74) is 0.707. The Hall–Kier alpha value is -1.93. The molecule has 0 spiro atoms. The van der Waals surface area contributed by atoms with Crippen LogP contribution in [0, 0.1) is 11.8 Å². The summed E-state index contributed by atoms with van der Waals surface area (Å²) < 4.78 is 22.1. The molecule has 1 aromatic rings. The molecular weight excluding hydrogens is 284 g/mol. The van der Waals surface area contributed by atoms with Crippen molar-refractivity contribution in [3.05, 3.63) is 29.8 Å². The molecule has 1 aliphatic rings. The van der Waals surface area contributed by atoms with Crippen molar-refractivity contribution >= 4 is 21.9 Å². The number of amides is 1. The van der Waals surface area contributed by atoms with Crippen LogP contribution in [0.5, 0.6) is 0 Å². The highest BCUT2D eigenvalue weighted by molar-refractivity contribution is 7.89. The molecule has 1 amide bonds. The van der Waals surface area contributed by atoms with Crippen LogP contribution in [0.2, 0.25) is 0 Å². The number of aliphatic carboxylic acids is 1. The van der Waals surface area contributed by atoms with E-state index in [4.69, 9.17) is 10.2 Å². The Kier molecular flexibility index (Phi) is 3.78. The van der Waals surface area contributed by atoms with Crippen LogP contribution in [-0.4, -0.2) is 25.4 Å². The van der Waals surface area contributed by atoms with Gasteiger partial charge in [0.25, 0.3) is 0 Å². The van der Waals surface area contributed by atoms with Gasteiger partial charge < -0.3 is 10.4 Å². The summed E-state index contributed by atoms with van der Waals surface area (Å²) in [7, 11) is -3.72. The van der Waals surface area contributed by atoms with Gasteiger partial charge >= 0.3 is 5.97 Å². The standard InChI is InChI=1S/C12H14N2O5S/c13-20(18,19)8-3-1-7(2-4-8)6-14-11(15)9-5-10(9)12(16)17/h1-4,9-10H,5-6H2,(H,14,15)(H,16,17)(H2,13,18,19)/t9-,10+/m1/s1. The molecule has 0 aromatic heterocycles. The Balaban J connectivity index is 1.89. The first-order valence-corrected chi connectivity index (χ1v) is 7.46. The molecule has 0 saturated heterocycles. The van der Waals surface area contributed by atoms with Crippen molar-refractivity contribution in [2.45, 2.75) is 17.9 Å². The fourth-order valence-electron chi connectivity index (χ4n) is 1.87. The summed E-state index contributed by atoms with van der Waals surface area (Å²) >= 11 is 0. The van der Waals surface area contributed by atoms with Crippen molar-refractivity contribution in [2.24, 2.45) is 17.0 Å². The monoisotopic (exact) mass is 298 g/mol. The maximum Gasteiger partial charge on any atom is 0.307 e. The summed E-state index contributed by atoms with van der Waals surface area (Å²) in [4.78, 5) is 22.3. The Bertz CT molecular complexity index is 638. The molecular formula is C12H14N2O5S. The number of rotatable bonds is 5. The quantitative estimate of drug-likeness (QED) is 0.686. The molecule has 108 valence electrons. The van der Waals surface area contributed by atoms with Crippen molar-refractivity contribution < 1.29 is 23.1 Å². The molecule has 2 rings (SSSR count). The fraction of sp³-hybridized carbons (Fsp3) is 0.333. The third-order valence-electron chi connectivity index (χ3n) is 3.16. The molecule has 1 saturated carbocycles. The summed E-state index contributed by atoms with van der Waals surface area (Å²) in [5.74, 6) is -2.30. The molecule has 0 bridgehead atoms. The van der Waals surface area contributed by atoms with Crippen LogP contribution in [-0.2, 0) is 26.2 Å². The Morgan fingerprint density at radius 1 is 1.25 bits per heavy atom. The first-order chi connectivity index (χ1) is 9.29. The van der Waals surface area contributed by atoms with Gasteiger partial charge in [-0.05, 0) is 24.1 Å². The number of sulfonamides is 1. The van der Waals surface area contributed by atoms with E-state index < -0.39 is 27.8 Å². The smallest absolute Gasteiger partial charge is 0.307 e. The van der Waals surface area contributed by atoms with Crippen LogP contribution in [0.1, 0.15) is 12.0 Å². The highest BCUT2D eigenvalue weighted by Gasteiger charge is 2.48. The number of carboxylic acids is 1. The van der Waals surface area contributed by atoms with E-state index >= 15 is 0 Å². The second-order valence-electron chi connectivity index (χ2n) is 4.69. The van der Waals surface area contributed by atoms with Crippen LogP contribution in [0.15, 0.2) is 29.2 Å². The Morgan fingerprint density at radius 2 is 1.85 bits per heavy atom. The van der Waals surface area contributed by atoms with Gasteiger partial charge in [-0.1, -0.05) is 12.1 Å². The number of nitrogens with one attached hydrogen (secondary N) is 1. The van der Waals surface area contributed by atoms with Crippen molar-refractivity contribution in [1.29, 1.82) is 0 Å². The van der Waals surface area contributed by atoms with E-state index in [0.29, 0.717) is 12.0 Å². The molecule has 8 heteroatoms. The highest BCUT2D eigenvalue weighted by atomic mass is 32.2. The first-order valence-electron chi connectivity index (χ1n) is 5.91. The molecule has 4 N–H and O–H groups in total. The van der Waals surface area contributed by atoms with E-state index in [9.17, 15) is 18.0 Å². The molecule has 0 heterocycles. The minimum Gasteiger partial charge on any atom is -0.481 e. The van der Waals surface area contributed by atoms with Crippen LogP contribution >= 0.6 is 0 Å². The second kappa shape index (κ2) is 5.22. The normalized spacial score (nSPS) is 21.2. The molecule has 0 radical (unpaired) electrons. The van der Waals surface area contributed by atoms with Gasteiger partial charge in [0.15, 0.2) is 0 Å². The van der Waals surface area contributed by atoms with E-state index in [1.165, 1.54) is 12.1 Å². The van der Waals surface area contributed by atoms with Gasteiger partial charge in [-0.15, -0.1) is 0 Å². The lowest BCUT2D eigenvalue weighted by Crippen LogP contribution is -2.25. The van der Waals surface area contributed by atoms with E-state index in [0.717, 1.165) is 0 Å². The van der Waals surface area contributed by atoms with Crippen LogP contribution in [0.3, 0.4) is 0 Å². The van der Waals surface area contributed by atoms with Crippen molar-refractivity contribution in [2.75, 3.05) is 0 Å². The van der Waals surface area contributed by atoms with Crippen molar-refractivity contribution in [3.8, 4) is 0 Å². The molecule has 1 aromatic carbocycles. The zero-order valence-corrected chi connectivity index (χ0v) is 11.3. The Morgan fingerprint density at radius 3 is 2.30 bits per heavy atom. The number of hydrogen-bond donors (Lipinski definition) is 3. The number of carboxylic acid groups (broad SMARTS) is 1. The average molecular weight is 298 g/mol. The lowest BCUT2D eigenvalue weighted by atomic mass is 10.2. The van der Waals surface area contributed by atoms with Crippen LogP contribution < -0.4 is 10.5 Å². The largest absolute Gasteiger partial charge is 0.481 e. The lowest BCUT2D eigenvalue weighted by Gasteiger charge is -2.05. The third-order valence-corrected chi connectivity index (χ3v) is 4.09. The van der Waals surface area contributed by atoms with Crippen LogP contribution in [0.25, 0.3) is 0 Å². The third kappa shape index (κ3) is 3.34. The topological polar surface area (TPSA) is 127 Å². The number of nitrogens with two attached hydrogens (primary N) is 1. The van der Waals surface area contributed by atoms with Gasteiger partial charge in [0.2, 0.25) is 15.9 Å². The molecule has 7 nitrogen and oxygen atoms in total. The van der Waals surface area contributed by atoms with Gasteiger partial charge in [-0.25, -0.2) is 13.6 Å². The van der Waals surface area contributed by atoms with Gasteiger partial charge in [0.1, 0.15) is 0 Å². The molecule has 2 atom stereocenters. The summed E-state index contributed by atoms with van der Waals surface area (Å²) in [6.07, 6.45) is 0.367. The first kappa shape index (κ1) is 14.5.